The maximum Gasteiger partial charge on any atom is 0.161 e. The van der Waals surface area contributed by atoms with Crippen molar-refractivity contribution in [1.82, 2.24) is 9.97 Å². The molecule has 0 N–H and O–H groups in total. The molecule has 0 atom stereocenters. The molecule has 0 radical (unpaired) electrons. The molecule has 2 rings (SSSR count). The molecule has 0 aliphatic carbocycles. The van der Waals surface area contributed by atoms with E-state index in [4.69, 9.17) is 11.6 Å². The topological polar surface area (TPSA) is 25.8 Å². The first-order valence-corrected chi connectivity index (χ1v) is 6.75. The summed E-state index contributed by atoms with van der Waals surface area (Å²) in [5.41, 5.74) is 1.11. The van der Waals surface area contributed by atoms with Gasteiger partial charge in [0.05, 0.1) is 10.2 Å². The molecular formula is C13H10BrClF2N2. The zero-order chi connectivity index (χ0) is 14.2. The molecule has 0 bridgehead atoms. The molecular weight excluding hydrogens is 338 g/mol. The van der Waals surface area contributed by atoms with Gasteiger partial charge in [-0.05, 0) is 40.0 Å². The van der Waals surface area contributed by atoms with Crippen LogP contribution < -0.4 is 0 Å². The van der Waals surface area contributed by atoms with Crippen molar-refractivity contribution < 1.29 is 8.78 Å². The first-order chi connectivity index (χ1) is 8.90. The molecule has 1 aromatic heterocycles. The van der Waals surface area contributed by atoms with Gasteiger partial charge in [0.2, 0.25) is 0 Å². The van der Waals surface area contributed by atoms with Gasteiger partial charge in [-0.2, -0.15) is 0 Å². The average molecular weight is 348 g/mol. The molecule has 100 valence electrons. The lowest BCUT2D eigenvalue weighted by molar-refractivity contribution is 0.509. The average Bonchev–Trinajstić information content (AvgIpc) is 2.35. The number of hydrogen-bond acceptors (Lipinski definition) is 2. The fourth-order valence-electron chi connectivity index (χ4n) is 1.58. The predicted octanol–water partition coefficient (Wildman–Crippen LogP) is 4.96. The fourth-order valence-corrected chi connectivity index (χ4v) is 2.39. The van der Waals surface area contributed by atoms with Crippen LogP contribution in [0.1, 0.15) is 25.5 Å². The molecule has 0 unspecified atom stereocenters. The highest BCUT2D eigenvalue weighted by Crippen LogP contribution is 2.31. The second kappa shape index (κ2) is 5.51. The van der Waals surface area contributed by atoms with Gasteiger partial charge in [-0.3, -0.25) is 0 Å². The number of rotatable bonds is 2. The van der Waals surface area contributed by atoms with E-state index in [1.807, 2.05) is 13.8 Å². The molecule has 6 heteroatoms. The molecule has 1 aromatic carbocycles. The normalized spacial score (nSPS) is 11.1. The fraction of sp³-hybridized carbons (Fsp3) is 0.231. The Balaban J connectivity index is 2.59. The van der Waals surface area contributed by atoms with Crippen molar-refractivity contribution in [3.63, 3.8) is 0 Å². The Morgan fingerprint density at radius 2 is 1.84 bits per heavy atom. The van der Waals surface area contributed by atoms with Crippen LogP contribution in [-0.4, -0.2) is 9.97 Å². The van der Waals surface area contributed by atoms with Crippen molar-refractivity contribution in [2.24, 2.45) is 0 Å². The van der Waals surface area contributed by atoms with Gasteiger partial charge < -0.3 is 0 Å². The first-order valence-electron chi connectivity index (χ1n) is 5.58. The Labute approximate surface area is 123 Å². The second-order valence-electron chi connectivity index (χ2n) is 4.32. The van der Waals surface area contributed by atoms with Gasteiger partial charge in [-0.1, -0.05) is 25.4 Å². The van der Waals surface area contributed by atoms with Crippen LogP contribution in [0.5, 0.6) is 0 Å². The minimum Gasteiger partial charge on any atom is -0.232 e. The van der Waals surface area contributed by atoms with E-state index in [9.17, 15) is 8.78 Å². The standard InChI is InChI=1S/C13H10BrClF2N2/c1-6(2)11-10(14)12(15)19-13(18-11)7-3-4-8(16)9(17)5-7/h3-6H,1-2H3. The van der Waals surface area contributed by atoms with Crippen molar-refractivity contribution in [3.8, 4) is 11.4 Å². The summed E-state index contributed by atoms with van der Waals surface area (Å²) in [5.74, 6) is -1.45. The van der Waals surface area contributed by atoms with Crippen molar-refractivity contribution in [1.29, 1.82) is 0 Å². The van der Waals surface area contributed by atoms with Gasteiger partial charge in [0.1, 0.15) is 5.15 Å². The summed E-state index contributed by atoms with van der Waals surface area (Å²) in [5, 5.41) is 0.249. The Bertz CT molecular complexity index is 632. The van der Waals surface area contributed by atoms with E-state index in [0.29, 0.717) is 10.0 Å². The van der Waals surface area contributed by atoms with E-state index in [-0.39, 0.29) is 16.9 Å². The van der Waals surface area contributed by atoms with Gasteiger partial charge in [0, 0.05) is 5.56 Å². The Morgan fingerprint density at radius 3 is 2.42 bits per heavy atom. The smallest absolute Gasteiger partial charge is 0.161 e. The molecule has 2 aromatic rings. The quantitative estimate of drug-likeness (QED) is 0.718. The van der Waals surface area contributed by atoms with Crippen LogP contribution in [0.25, 0.3) is 11.4 Å². The van der Waals surface area contributed by atoms with Crippen molar-refractivity contribution in [3.05, 3.63) is 45.2 Å². The van der Waals surface area contributed by atoms with Crippen LogP contribution >= 0.6 is 27.5 Å². The molecule has 0 fully saturated rings. The summed E-state index contributed by atoms with van der Waals surface area (Å²) >= 11 is 9.34. The SMILES string of the molecule is CC(C)c1nc(-c2ccc(F)c(F)c2)nc(Cl)c1Br. The lowest BCUT2D eigenvalue weighted by Crippen LogP contribution is -2.01. The van der Waals surface area contributed by atoms with E-state index in [0.717, 1.165) is 17.8 Å². The molecule has 1 heterocycles. The number of aromatic nitrogens is 2. The van der Waals surface area contributed by atoms with Crippen LogP contribution in [0, 0.1) is 11.6 Å². The molecule has 0 spiro atoms. The number of nitrogens with zero attached hydrogens (tertiary/aromatic N) is 2. The summed E-state index contributed by atoms with van der Waals surface area (Å²) in [6.45, 7) is 3.91. The summed E-state index contributed by atoms with van der Waals surface area (Å²) < 4.78 is 26.8. The number of halogens is 4. The van der Waals surface area contributed by atoms with E-state index in [1.165, 1.54) is 6.07 Å². The highest BCUT2D eigenvalue weighted by molar-refractivity contribution is 9.10. The van der Waals surface area contributed by atoms with E-state index in [2.05, 4.69) is 25.9 Å². The Morgan fingerprint density at radius 1 is 1.16 bits per heavy atom. The summed E-state index contributed by atoms with van der Waals surface area (Å²) in [6.07, 6.45) is 0. The predicted molar refractivity (Wildman–Crippen MR) is 74.2 cm³/mol. The maximum absolute atomic E-state index is 13.2. The van der Waals surface area contributed by atoms with Gasteiger partial charge in [0.15, 0.2) is 17.5 Å². The summed E-state index contributed by atoms with van der Waals surface area (Å²) in [6, 6.07) is 3.51. The minimum absolute atomic E-state index is 0.124. The van der Waals surface area contributed by atoms with Gasteiger partial charge in [-0.15, -0.1) is 0 Å². The minimum atomic E-state index is -0.939. The van der Waals surface area contributed by atoms with Crippen LogP contribution in [-0.2, 0) is 0 Å². The number of hydrogen-bond donors (Lipinski definition) is 0. The third-order valence-electron chi connectivity index (χ3n) is 2.56. The molecule has 0 saturated carbocycles. The monoisotopic (exact) mass is 346 g/mol. The summed E-state index contributed by atoms with van der Waals surface area (Å²) in [4.78, 5) is 8.42. The second-order valence-corrected chi connectivity index (χ2v) is 5.47. The van der Waals surface area contributed by atoms with Crippen molar-refractivity contribution >= 4 is 27.5 Å². The van der Waals surface area contributed by atoms with Crippen molar-refractivity contribution in [2.45, 2.75) is 19.8 Å². The Kier molecular flexibility index (Phi) is 4.16. The highest BCUT2D eigenvalue weighted by atomic mass is 79.9. The summed E-state index contributed by atoms with van der Waals surface area (Å²) in [7, 11) is 0. The van der Waals surface area contributed by atoms with Crippen molar-refractivity contribution in [2.75, 3.05) is 0 Å². The van der Waals surface area contributed by atoms with Crippen LogP contribution in [0.15, 0.2) is 22.7 Å². The van der Waals surface area contributed by atoms with Crippen LogP contribution in [0.2, 0.25) is 5.15 Å². The van der Waals surface area contributed by atoms with E-state index >= 15 is 0 Å². The van der Waals surface area contributed by atoms with E-state index < -0.39 is 11.6 Å². The van der Waals surface area contributed by atoms with Crippen LogP contribution in [0.4, 0.5) is 8.78 Å². The first kappa shape index (κ1) is 14.3. The molecule has 0 amide bonds. The Hall–Kier alpha value is -1.07. The molecule has 0 saturated heterocycles. The lowest BCUT2D eigenvalue weighted by atomic mass is 10.1. The van der Waals surface area contributed by atoms with E-state index in [1.54, 1.807) is 0 Å². The molecule has 19 heavy (non-hydrogen) atoms. The third-order valence-corrected chi connectivity index (χ3v) is 3.84. The molecule has 0 aliphatic rings. The van der Waals surface area contributed by atoms with Gasteiger partial charge >= 0.3 is 0 Å². The van der Waals surface area contributed by atoms with Crippen LogP contribution in [0.3, 0.4) is 0 Å². The maximum atomic E-state index is 13.2. The zero-order valence-corrected chi connectivity index (χ0v) is 12.6. The third kappa shape index (κ3) is 2.92. The zero-order valence-electron chi connectivity index (χ0n) is 10.2. The van der Waals surface area contributed by atoms with Gasteiger partial charge in [0.25, 0.3) is 0 Å². The molecule has 0 aliphatic heterocycles. The molecule has 2 nitrogen and oxygen atoms in total. The lowest BCUT2D eigenvalue weighted by Gasteiger charge is -2.11. The highest BCUT2D eigenvalue weighted by Gasteiger charge is 2.15. The largest absolute Gasteiger partial charge is 0.232 e. The number of benzene rings is 1. The van der Waals surface area contributed by atoms with Gasteiger partial charge in [-0.25, -0.2) is 18.7 Å².